The Kier molecular flexibility index (Phi) is 3.16. The monoisotopic (exact) mass is 240 g/mol. The molecule has 0 fully saturated rings. The smallest absolute Gasteiger partial charge is 0.356 e. The molecule has 2 N–H and O–H groups in total. The second-order valence-electron chi connectivity index (χ2n) is 3.38. The maximum atomic E-state index is 10.7. The highest BCUT2D eigenvalue weighted by atomic mass is 16.4. The largest absolute Gasteiger partial charge is 0.476 e. The van der Waals surface area contributed by atoms with E-state index in [4.69, 9.17) is 10.4 Å². The summed E-state index contributed by atoms with van der Waals surface area (Å²) in [5.41, 5.74) is 0.839. The van der Waals surface area contributed by atoms with Crippen molar-refractivity contribution >= 4 is 17.5 Å². The molecule has 2 aromatic rings. The van der Waals surface area contributed by atoms with Gasteiger partial charge in [-0.05, 0) is 12.1 Å². The standard InChI is InChI=1S/C12H8N4O2/c13-5-8-3-1-2-4-9(8)15-11-7-14-6-10(16-11)12(17)18/h1-4,6-7H,(H,15,16)(H,17,18). The van der Waals surface area contributed by atoms with Crippen LogP contribution in [-0.4, -0.2) is 21.0 Å². The summed E-state index contributed by atoms with van der Waals surface area (Å²) in [7, 11) is 0. The summed E-state index contributed by atoms with van der Waals surface area (Å²) in [6.45, 7) is 0. The zero-order chi connectivity index (χ0) is 13.0. The molecule has 88 valence electrons. The summed E-state index contributed by atoms with van der Waals surface area (Å²) >= 11 is 0. The van der Waals surface area contributed by atoms with E-state index >= 15 is 0 Å². The number of aromatic nitrogens is 2. The van der Waals surface area contributed by atoms with Crippen LogP contribution in [0.4, 0.5) is 11.5 Å². The van der Waals surface area contributed by atoms with Gasteiger partial charge in [0.25, 0.3) is 0 Å². The van der Waals surface area contributed by atoms with E-state index in [1.807, 2.05) is 6.07 Å². The number of carboxylic acids is 1. The Morgan fingerprint density at radius 1 is 1.33 bits per heavy atom. The summed E-state index contributed by atoms with van der Waals surface area (Å²) in [4.78, 5) is 18.4. The molecule has 0 atom stereocenters. The minimum Gasteiger partial charge on any atom is -0.476 e. The van der Waals surface area contributed by atoms with Gasteiger partial charge in [-0.1, -0.05) is 12.1 Å². The van der Waals surface area contributed by atoms with Gasteiger partial charge in [0.05, 0.1) is 23.6 Å². The zero-order valence-electron chi connectivity index (χ0n) is 9.16. The highest BCUT2D eigenvalue weighted by Gasteiger charge is 2.07. The average molecular weight is 240 g/mol. The predicted octanol–water partition coefficient (Wildman–Crippen LogP) is 1.79. The molecule has 0 unspecified atom stereocenters. The predicted molar refractivity (Wildman–Crippen MR) is 63.4 cm³/mol. The van der Waals surface area contributed by atoms with Gasteiger partial charge in [-0.15, -0.1) is 0 Å². The molecule has 1 aromatic carbocycles. The van der Waals surface area contributed by atoms with E-state index in [0.29, 0.717) is 11.3 Å². The van der Waals surface area contributed by atoms with Gasteiger partial charge in [0, 0.05) is 0 Å². The first-order valence-electron chi connectivity index (χ1n) is 5.02. The van der Waals surface area contributed by atoms with E-state index < -0.39 is 5.97 Å². The topological polar surface area (TPSA) is 98.9 Å². The number of anilines is 2. The lowest BCUT2D eigenvalue weighted by Gasteiger charge is -2.06. The Morgan fingerprint density at radius 2 is 2.11 bits per heavy atom. The van der Waals surface area contributed by atoms with Crippen molar-refractivity contribution in [3.05, 3.63) is 47.9 Å². The van der Waals surface area contributed by atoms with Gasteiger partial charge in [0.1, 0.15) is 11.9 Å². The molecule has 0 aliphatic heterocycles. The van der Waals surface area contributed by atoms with Crippen LogP contribution in [-0.2, 0) is 0 Å². The molecule has 0 amide bonds. The SMILES string of the molecule is N#Cc1ccccc1Nc1cncc(C(=O)O)n1. The molecule has 6 heteroatoms. The summed E-state index contributed by atoms with van der Waals surface area (Å²) in [5.74, 6) is -0.877. The van der Waals surface area contributed by atoms with Crippen LogP contribution in [0.1, 0.15) is 16.1 Å². The molecular formula is C12H8N4O2. The van der Waals surface area contributed by atoms with Crippen molar-refractivity contribution in [1.29, 1.82) is 5.26 Å². The lowest BCUT2D eigenvalue weighted by molar-refractivity contribution is 0.0690. The lowest BCUT2D eigenvalue weighted by atomic mass is 10.2. The van der Waals surface area contributed by atoms with Crippen molar-refractivity contribution in [2.75, 3.05) is 5.32 Å². The quantitative estimate of drug-likeness (QED) is 0.848. The van der Waals surface area contributed by atoms with Gasteiger partial charge in [-0.25, -0.2) is 9.78 Å². The van der Waals surface area contributed by atoms with Crippen LogP contribution in [0, 0.1) is 11.3 Å². The van der Waals surface area contributed by atoms with Crippen molar-refractivity contribution in [2.45, 2.75) is 0 Å². The van der Waals surface area contributed by atoms with E-state index in [0.717, 1.165) is 6.20 Å². The van der Waals surface area contributed by atoms with Crippen molar-refractivity contribution in [3.8, 4) is 6.07 Å². The average Bonchev–Trinajstić information content (AvgIpc) is 2.39. The molecule has 1 aromatic heterocycles. The lowest BCUT2D eigenvalue weighted by Crippen LogP contribution is -2.04. The Labute approximate surface area is 103 Å². The summed E-state index contributed by atoms with van der Waals surface area (Å²) < 4.78 is 0. The fourth-order valence-electron chi connectivity index (χ4n) is 1.36. The highest BCUT2D eigenvalue weighted by Crippen LogP contribution is 2.18. The van der Waals surface area contributed by atoms with E-state index in [1.165, 1.54) is 6.20 Å². The summed E-state index contributed by atoms with van der Waals surface area (Å²) in [6, 6.07) is 8.88. The molecule has 0 spiro atoms. The van der Waals surface area contributed by atoms with E-state index in [2.05, 4.69) is 15.3 Å². The van der Waals surface area contributed by atoms with Gasteiger partial charge in [-0.2, -0.15) is 5.26 Å². The second-order valence-corrected chi connectivity index (χ2v) is 3.38. The molecule has 1 heterocycles. The van der Waals surface area contributed by atoms with Crippen LogP contribution in [0.15, 0.2) is 36.7 Å². The van der Waals surface area contributed by atoms with E-state index in [-0.39, 0.29) is 11.5 Å². The first-order valence-corrected chi connectivity index (χ1v) is 5.02. The first-order chi connectivity index (χ1) is 8.70. The number of para-hydroxylation sites is 1. The number of hydrogen-bond acceptors (Lipinski definition) is 5. The molecule has 18 heavy (non-hydrogen) atoms. The van der Waals surface area contributed by atoms with Crippen LogP contribution in [0.25, 0.3) is 0 Å². The number of benzene rings is 1. The van der Waals surface area contributed by atoms with E-state index in [9.17, 15) is 4.79 Å². The highest BCUT2D eigenvalue weighted by molar-refractivity contribution is 5.85. The van der Waals surface area contributed by atoms with Crippen LogP contribution in [0.3, 0.4) is 0 Å². The van der Waals surface area contributed by atoms with Crippen LogP contribution < -0.4 is 5.32 Å². The maximum Gasteiger partial charge on any atom is 0.356 e. The number of nitriles is 1. The number of aromatic carboxylic acids is 1. The summed E-state index contributed by atoms with van der Waals surface area (Å²) in [5, 5.41) is 20.6. The van der Waals surface area contributed by atoms with Crippen molar-refractivity contribution in [1.82, 2.24) is 9.97 Å². The Morgan fingerprint density at radius 3 is 2.83 bits per heavy atom. The second kappa shape index (κ2) is 4.93. The number of carbonyl (C=O) groups is 1. The number of rotatable bonds is 3. The summed E-state index contributed by atoms with van der Waals surface area (Å²) in [6.07, 6.45) is 2.55. The van der Waals surface area contributed by atoms with Gasteiger partial charge in [0.2, 0.25) is 0 Å². The van der Waals surface area contributed by atoms with Gasteiger partial charge >= 0.3 is 5.97 Å². The first kappa shape index (κ1) is 11.5. The van der Waals surface area contributed by atoms with Gasteiger partial charge < -0.3 is 10.4 Å². The molecule has 0 radical (unpaired) electrons. The van der Waals surface area contributed by atoms with Gasteiger partial charge in [0.15, 0.2) is 5.69 Å². The maximum absolute atomic E-state index is 10.7. The minimum atomic E-state index is -1.15. The third-order valence-electron chi connectivity index (χ3n) is 2.16. The fraction of sp³-hybridized carbons (Fsp3) is 0. The number of hydrogen-bond donors (Lipinski definition) is 2. The van der Waals surface area contributed by atoms with Crippen molar-refractivity contribution < 1.29 is 9.90 Å². The number of carboxylic acid groups (broad SMARTS) is 1. The molecule has 6 nitrogen and oxygen atoms in total. The molecule has 2 rings (SSSR count). The Balaban J connectivity index is 2.32. The third-order valence-corrected chi connectivity index (χ3v) is 2.16. The zero-order valence-corrected chi connectivity index (χ0v) is 9.16. The molecule has 0 aliphatic carbocycles. The molecule has 0 saturated heterocycles. The van der Waals surface area contributed by atoms with Crippen molar-refractivity contribution in [3.63, 3.8) is 0 Å². The minimum absolute atomic E-state index is 0.158. The van der Waals surface area contributed by atoms with Crippen LogP contribution in [0.2, 0.25) is 0 Å². The normalized spacial score (nSPS) is 9.50. The Hall–Kier alpha value is -2.94. The van der Waals surface area contributed by atoms with Crippen LogP contribution >= 0.6 is 0 Å². The van der Waals surface area contributed by atoms with Gasteiger partial charge in [-0.3, -0.25) is 4.98 Å². The number of nitrogens with one attached hydrogen (secondary N) is 1. The molecule has 0 bridgehead atoms. The fourth-order valence-corrected chi connectivity index (χ4v) is 1.36. The van der Waals surface area contributed by atoms with E-state index in [1.54, 1.807) is 24.3 Å². The van der Waals surface area contributed by atoms with Crippen LogP contribution in [0.5, 0.6) is 0 Å². The van der Waals surface area contributed by atoms with Crippen molar-refractivity contribution in [2.24, 2.45) is 0 Å². The Bertz CT molecular complexity index is 634. The molecular weight excluding hydrogens is 232 g/mol. The third kappa shape index (κ3) is 2.41. The molecule has 0 saturated carbocycles. The number of nitrogens with zero attached hydrogens (tertiary/aromatic N) is 3. The molecule has 0 aliphatic rings.